The molecule has 8 atom stereocenters. The predicted molar refractivity (Wildman–Crippen MR) is 254 cm³/mol. The van der Waals surface area contributed by atoms with Gasteiger partial charge >= 0.3 is 75.1 Å². The second kappa shape index (κ2) is 58.8. The minimum atomic E-state index is -5.33. The predicted octanol–water partition coefficient (Wildman–Crippen LogP) is 9.87. The molecule has 0 spiro atoms. The van der Waals surface area contributed by atoms with Gasteiger partial charge in [-0.3, -0.25) is 32.6 Å². The van der Waals surface area contributed by atoms with Gasteiger partial charge in [-0.15, -0.1) is 26.3 Å². The molecule has 0 aliphatic carbocycles. The van der Waals surface area contributed by atoms with Crippen LogP contribution in [0.2, 0.25) is 0 Å². The summed E-state index contributed by atoms with van der Waals surface area (Å²) in [4.78, 5) is 45.8. The molecule has 2 saturated heterocycles. The third-order valence-electron chi connectivity index (χ3n) is 8.86. The summed E-state index contributed by atoms with van der Waals surface area (Å²) in [6.45, 7) is -5.41. The molecule has 0 saturated carbocycles. The zero-order chi connectivity index (χ0) is 77.0. The molecule has 0 radical (unpaired) electrons. The van der Waals surface area contributed by atoms with Gasteiger partial charge in [-0.2, -0.15) is 54.3 Å². The number of halogens is 31. The largest absolute Gasteiger partial charge is 1.00 e. The minimum Gasteiger partial charge on any atom is -0.756 e. The Bertz CT molecular complexity index is 2300. The van der Waals surface area contributed by atoms with E-state index in [0.717, 1.165) is 24.3 Å². The number of ether oxygens (including phenoxy) is 2. The maximum absolute atomic E-state index is 13.3. The molecular weight excluding hydrogens is 1520 g/mol. The van der Waals surface area contributed by atoms with Gasteiger partial charge in [-0.1, -0.05) is 58.4 Å². The van der Waals surface area contributed by atoms with E-state index in [9.17, 15) is 176 Å². The van der Waals surface area contributed by atoms with E-state index >= 15 is 0 Å². The van der Waals surface area contributed by atoms with Gasteiger partial charge in [0.25, 0.3) is 20.2 Å². The van der Waals surface area contributed by atoms with Gasteiger partial charge in [-0.05, 0) is 53.5 Å². The number of ketones is 2. The second-order valence-corrected chi connectivity index (χ2v) is 18.6. The third-order valence-corrected chi connectivity index (χ3v) is 11.3. The number of phosphoric ester groups is 2. The molecule has 0 aromatic heterocycles. The zero-order valence-electron chi connectivity index (χ0n) is 48.8. The Morgan fingerprint density at radius 1 is 0.561 bits per heavy atom. The molecule has 55 heteroatoms. The molecule has 2 heterocycles. The summed E-state index contributed by atoms with van der Waals surface area (Å²) in [5, 5.41) is 29.0. The number of morpholine rings is 1. The van der Waals surface area contributed by atoms with E-state index in [1.165, 1.54) is 41.1 Å². The third kappa shape index (κ3) is 60.0. The number of carbonyl (C=O) groups excluding carboxylic acids is 2. The molecule has 3 N–H and O–H groups in total. The molecule has 0 amide bonds. The van der Waals surface area contributed by atoms with Crippen molar-refractivity contribution >= 4 is 27.2 Å². The Morgan fingerprint density at radius 3 is 1.13 bits per heavy atom. The first kappa shape index (κ1) is 108. The molecular formula is C43H53F31NNaO20P2. The van der Waals surface area contributed by atoms with Gasteiger partial charge < -0.3 is 38.7 Å². The molecule has 2 aliphatic rings. The first-order valence-corrected chi connectivity index (χ1v) is 27.0. The fourth-order valence-corrected chi connectivity index (χ4v) is 6.91. The summed E-state index contributed by atoms with van der Waals surface area (Å²) in [6.07, 6.45) is -43.3. The van der Waals surface area contributed by atoms with Crippen molar-refractivity contribution in [2.45, 2.75) is 94.4 Å². The Balaban J connectivity index is -0.000000229. The fraction of sp³-hybridized carbons (Fsp3) is 0.674. The number of aliphatic hydroxyl groups is 3. The molecule has 5 unspecified atom stereocenters. The van der Waals surface area contributed by atoms with E-state index in [0.29, 0.717) is 37.4 Å². The normalized spacial score (nSPS) is 17.8. The standard InChI is InChI=1S/C21H28F4NO10P.C13H15F4O5P.C2HF5.2CF4O.3CH2F2O.2CH2F2.Na/c22-19(21(23,24)25)16(27)14-3-1-13(2-4-14)5-8-33-37(31,35-12-26-6-9-32-10-7-26)34-11-15-17(28)18(29)20(30)36-15;1-2-21-23(19,20)22-8-7-9-3-5-10(6-4-9)11(18)12(14)13(15,16)17;3-1(4)2(5,6)7;2*2-1(3,4)6-5;3*2-1-4-3;2*2-1-3;/h1-4,15,17-20,28-30H,5-12H2;3-6,12H,2,7-8H2,1H3,(H,19,20);1H;;;3*1H2;2*1H2;/q;;;;;;;;;;+1/p-1/t15?,17-,18-,19?,20+,37?;;;;;;;;;;/m1........../s1. The Morgan fingerprint density at radius 2 is 0.878 bits per heavy atom. The minimum absolute atomic E-state index is 0. The van der Waals surface area contributed by atoms with Crippen molar-refractivity contribution in [1.29, 1.82) is 0 Å². The van der Waals surface area contributed by atoms with E-state index in [1.807, 2.05) is 0 Å². The number of hydrogen-bond donors (Lipinski definition) is 3. The van der Waals surface area contributed by atoms with Crippen molar-refractivity contribution in [2.24, 2.45) is 0 Å². The van der Waals surface area contributed by atoms with Gasteiger partial charge in [0.05, 0.1) is 39.6 Å². The van der Waals surface area contributed by atoms with Gasteiger partial charge in [0, 0.05) is 24.2 Å². The van der Waals surface area contributed by atoms with Crippen LogP contribution in [0.25, 0.3) is 0 Å². The molecule has 2 aromatic rings. The van der Waals surface area contributed by atoms with Crippen LogP contribution in [0.15, 0.2) is 48.5 Å². The van der Waals surface area contributed by atoms with Gasteiger partial charge in [0.1, 0.15) is 25.0 Å². The molecule has 578 valence electrons. The molecule has 98 heavy (non-hydrogen) atoms. The van der Waals surface area contributed by atoms with Crippen LogP contribution < -0.4 is 34.5 Å². The zero-order valence-corrected chi connectivity index (χ0v) is 52.6. The van der Waals surface area contributed by atoms with Crippen molar-refractivity contribution < 1.29 is 262 Å². The number of benzene rings is 2. The van der Waals surface area contributed by atoms with Gasteiger partial charge in [0.15, 0.2) is 6.29 Å². The quantitative estimate of drug-likeness (QED) is 0.0404. The Labute approximate surface area is 552 Å². The van der Waals surface area contributed by atoms with Crippen LogP contribution in [-0.2, 0) is 78.8 Å². The molecule has 21 nitrogen and oxygen atoms in total. The maximum atomic E-state index is 13.3. The molecule has 0 bridgehead atoms. The summed E-state index contributed by atoms with van der Waals surface area (Å²) in [7, 11) is -8.63. The van der Waals surface area contributed by atoms with Crippen LogP contribution in [0.4, 0.5) is 137 Å². The molecule has 2 aromatic carbocycles. The molecule has 2 fully saturated rings. The average Bonchev–Trinajstić information content (AvgIpc) is 1.46. The first-order chi connectivity index (χ1) is 44.6. The van der Waals surface area contributed by atoms with Crippen molar-refractivity contribution in [3.8, 4) is 0 Å². The van der Waals surface area contributed by atoms with Crippen LogP contribution in [-0.4, -0.2) is 200 Å². The van der Waals surface area contributed by atoms with Crippen molar-refractivity contribution in [2.75, 3.05) is 93.9 Å². The number of phosphoric acid groups is 2. The SMILES string of the molecule is CCOP(=O)([O-])OCCc1ccc(C(=O)C(F)C(F)(F)F)cc1.FC(F)C(F)(F)F.FCF.FCF.FCOF.FCOF.FCOF.FOC(F)(F)F.FOC(F)(F)F.O=C(c1ccc(CCOP(=O)(OCC2O[C@H](O)[C@H](O)[C@@H]2O)OCN2CCOCC2)cc1)C(F)C(F)(F)F.[Na+]. The van der Waals surface area contributed by atoms with Crippen LogP contribution in [0.3, 0.4) is 0 Å². The number of carbonyl (C=O) groups is 2. The molecule has 4 rings (SSSR count). The van der Waals surface area contributed by atoms with E-state index in [4.69, 9.17) is 23.0 Å². The fourth-order valence-electron chi connectivity index (χ4n) is 5.03. The Kier molecular flexibility index (Phi) is 64.7. The average molecular weight is 1580 g/mol. The maximum Gasteiger partial charge on any atom is 1.00 e. The summed E-state index contributed by atoms with van der Waals surface area (Å²) in [5.41, 5.74) is 0.0834. The topological polar surface area (TPSA) is 266 Å². The number of hydrogen-bond acceptors (Lipinski definition) is 21. The van der Waals surface area contributed by atoms with Crippen molar-refractivity contribution in [1.82, 2.24) is 4.90 Å². The van der Waals surface area contributed by atoms with Gasteiger partial charge in [-0.25, -0.2) is 52.9 Å². The number of rotatable bonds is 23. The monoisotopic (exact) mass is 1580 g/mol. The van der Waals surface area contributed by atoms with E-state index in [-0.39, 0.29) is 69.0 Å². The van der Waals surface area contributed by atoms with Crippen LogP contribution >= 0.6 is 15.6 Å². The number of nitrogens with zero attached hydrogens (tertiary/aromatic N) is 1. The number of Topliss-reactive ketones (excluding diaryl/α,β-unsaturated/α-hetero) is 2. The van der Waals surface area contributed by atoms with E-state index < -0.39 is 154 Å². The number of alkyl halides is 26. The summed E-state index contributed by atoms with van der Waals surface area (Å²) < 4.78 is 391. The first-order valence-electron chi connectivity index (χ1n) is 24.1. The summed E-state index contributed by atoms with van der Waals surface area (Å²) in [5.74, 6) is -3.39. The van der Waals surface area contributed by atoms with Crippen LogP contribution in [0.5, 0.6) is 0 Å². The summed E-state index contributed by atoms with van der Waals surface area (Å²) in [6, 6.07) is 9.32. The Hall–Kier alpha value is -3.61. The molecule has 2 aliphatic heterocycles. The van der Waals surface area contributed by atoms with E-state index in [1.54, 1.807) is 4.90 Å². The van der Waals surface area contributed by atoms with Crippen LogP contribution in [0.1, 0.15) is 38.8 Å². The van der Waals surface area contributed by atoms with Crippen molar-refractivity contribution in [3.05, 3.63) is 70.8 Å². The smallest absolute Gasteiger partial charge is 0.756 e. The van der Waals surface area contributed by atoms with E-state index in [2.05, 4.69) is 23.9 Å². The summed E-state index contributed by atoms with van der Waals surface area (Å²) >= 11 is 0. The van der Waals surface area contributed by atoms with Crippen LogP contribution in [0, 0.1) is 0 Å². The van der Waals surface area contributed by atoms with Crippen molar-refractivity contribution in [3.63, 3.8) is 0 Å². The van der Waals surface area contributed by atoms with Gasteiger partial charge in [0.2, 0.25) is 46.0 Å². The second-order valence-electron chi connectivity index (χ2n) is 15.5. The number of aliphatic hydroxyl groups excluding tert-OH is 3.